The van der Waals surface area contributed by atoms with E-state index in [1.807, 2.05) is 23.3 Å². The summed E-state index contributed by atoms with van der Waals surface area (Å²) >= 11 is 3.22. The quantitative estimate of drug-likeness (QED) is 0.773. The Morgan fingerprint density at radius 1 is 1.25 bits per heavy atom. The molecule has 2 aliphatic rings. The molecule has 2 amide bonds. The Hall–Kier alpha value is -1.73. The highest BCUT2D eigenvalue weighted by molar-refractivity contribution is 7.12. The van der Waals surface area contributed by atoms with Crippen molar-refractivity contribution in [2.45, 2.75) is 51.4 Å². The SMILES string of the molecule is Cc1ccsc1C(=O)N1CCCC(c2nc(CCNC(=O)C3CCC3)cs2)C1. The van der Waals surface area contributed by atoms with E-state index in [4.69, 9.17) is 4.98 Å². The summed E-state index contributed by atoms with van der Waals surface area (Å²) in [5.74, 6) is 0.921. The molecule has 1 saturated heterocycles. The molecule has 1 N–H and O–H groups in total. The van der Waals surface area contributed by atoms with Crippen molar-refractivity contribution < 1.29 is 9.59 Å². The molecule has 1 aliphatic carbocycles. The zero-order valence-corrected chi connectivity index (χ0v) is 17.9. The number of rotatable bonds is 6. The van der Waals surface area contributed by atoms with Crippen LogP contribution < -0.4 is 5.32 Å². The number of nitrogens with one attached hydrogen (secondary N) is 1. The van der Waals surface area contributed by atoms with Gasteiger partial charge in [-0.3, -0.25) is 9.59 Å². The average molecular weight is 418 g/mol. The molecule has 2 aromatic heterocycles. The Bertz CT molecular complexity index is 840. The van der Waals surface area contributed by atoms with Gasteiger partial charge in [-0.25, -0.2) is 4.98 Å². The smallest absolute Gasteiger partial charge is 0.264 e. The molecule has 1 aliphatic heterocycles. The largest absolute Gasteiger partial charge is 0.355 e. The Morgan fingerprint density at radius 2 is 2.11 bits per heavy atom. The molecule has 7 heteroatoms. The minimum Gasteiger partial charge on any atom is -0.355 e. The van der Waals surface area contributed by atoms with Gasteiger partial charge >= 0.3 is 0 Å². The number of carbonyl (C=O) groups excluding carboxylic acids is 2. The minimum absolute atomic E-state index is 0.160. The van der Waals surface area contributed by atoms with Crippen LogP contribution in [0.4, 0.5) is 0 Å². The Labute approximate surface area is 174 Å². The van der Waals surface area contributed by atoms with E-state index in [0.717, 1.165) is 66.3 Å². The summed E-state index contributed by atoms with van der Waals surface area (Å²) in [4.78, 5) is 32.4. The summed E-state index contributed by atoms with van der Waals surface area (Å²) in [5.41, 5.74) is 2.11. The number of carbonyl (C=O) groups is 2. The van der Waals surface area contributed by atoms with Gasteiger partial charge in [0.2, 0.25) is 5.91 Å². The molecular formula is C21H27N3O2S2. The first kappa shape index (κ1) is 19.6. The molecular weight excluding hydrogens is 390 g/mol. The van der Waals surface area contributed by atoms with Gasteiger partial charge in [-0.05, 0) is 49.6 Å². The second-order valence-electron chi connectivity index (χ2n) is 7.87. The second kappa shape index (κ2) is 8.74. The van der Waals surface area contributed by atoms with Gasteiger partial charge in [0.1, 0.15) is 0 Å². The average Bonchev–Trinajstić information content (AvgIpc) is 3.29. The molecule has 0 radical (unpaired) electrons. The fourth-order valence-corrected chi connectivity index (χ4v) is 5.73. The van der Waals surface area contributed by atoms with E-state index in [1.165, 1.54) is 17.8 Å². The lowest BCUT2D eigenvalue weighted by molar-refractivity contribution is -0.127. The van der Waals surface area contributed by atoms with Gasteiger partial charge in [0.05, 0.1) is 15.6 Å². The minimum atomic E-state index is 0.160. The van der Waals surface area contributed by atoms with Crippen LogP contribution in [-0.2, 0) is 11.2 Å². The van der Waals surface area contributed by atoms with Crippen molar-refractivity contribution in [3.8, 4) is 0 Å². The highest BCUT2D eigenvalue weighted by atomic mass is 32.1. The third-order valence-electron chi connectivity index (χ3n) is 5.84. The van der Waals surface area contributed by atoms with Crippen LogP contribution in [0.15, 0.2) is 16.8 Å². The number of thiophene rings is 1. The van der Waals surface area contributed by atoms with E-state index in [0.29, 0.717) is 12.5 Å². The molecule has 1 atom stereocenters. The van der Waals surface area contributed by atoms with Crippen molar-refractivity contribution in [2.24, 2.45) is 5.92 Å². The molecule has 0 spiro atoms. The number of likely N-dealkylation sites (tertiary alicyclic amines) is 1. The maximum Gasteiger partial charge on any atom is 0.264 e. The Kier molecular flexibility index (Phi) is 6.11. The van der Waals surface area contributed by atoms with Crippen molar-refractivity contribution in [1.82, 2.24) is 15.2 Å². The summed E-state index contributed by atoms with van der Waals surface area (Å²) in [6.45, 7) is 4.24. The van der Waals surface area contributed by atoms with E-state index in [9.17, 15) is 9.59 Å². The third kappa shape index (κ3) is 4.30. The lowest BCUT2D eigenvalue weighted by Crippen LogP contribution is -2.39. The van der Waals surface area contributed by atoms with E-state index in [1.54, 1.807) is 11.3 Å². The number of hydrogen-bond acceptors (Lipinski definition) is 5. The lowest BCUT2D eigenvalue weighted by Gasteiger charge is -2.31. The predicted octanol–water partition coefficient (Wildman–Crippen LogP) is 3.99. The van der Waals surface area contributed by atoms with Crippen molar-refractivity contribution in [2.75, 3.05) is 19.6 Å². The van der Waals surface area contributed by atoms with Crippen molar-refractivity contribution in [3.05, 3.63) is 38.0 Å². The molecule has 1 saturated carbocycles. The highest BCUT2D eigenvalue weighted by Crippen LogP contribution is 2.31. The van der Waals surface area contributed by atoms with E-state index < -0.39 is 0 Å². The van der Waals surface area contributed by atoms with Gasteiger partial charge in [-0.2, -0.15) is 0 Å². The first-order valence-corrected chi connectivity index (χ1v) is 11.9. The molecule has 0 bridgehead atoms. The summed E-state index contributed by atoms with van der Waals surface area (Å²) in [7, 11) is 0. The topological polar surface area (TPSA) is 62.3 Å². The molecule has 2 aromatic rings. The van der Waals surface area contributed by atoms with Crippen LogP contribution in [0.3, 0.4) is 0 Å². The zero-order valence-electron chi connectivity index (χ0n) is 16.3. The normalized spacial score (nSPS) is 20.0. The molecule has 4 rings (SSSR count). The molecule has 1 unspecified atom stereocenters. The number of amides is 2. The van der Waals surface area contributed by atoms with E-state index in [2.05, 4.69) is 10.7 Å². The maximum absolute atomic E-state index is 12.8. The van der Waals surface area contributed by atoms with Crippen molar-refractivity contribution in [1.29, 1.82) is 0 Å². The maximum atomic E-state index is 12.8. The number of aryl methyl sites for hydroxylation is 1. The summed E-state index contributed by atoms with van der Waals surface area (Å²) in [6, 6.07) is 2.01. The summed E-state index contributed by atoms with van der Waals surface area (Å²) in [6.07, 6.45) is 6.13. The molecule has 3 heterocycles. The van der Waals surface area contributed by atoms with Gasteiger partial charge in [0.25, 0.3) is 5.91 Å². The fraction of sp³-hybridized carbons (Fsp3) is 0.571. The van der Waals surface area contributed by atoms with Gasteiger partial charge in [-0.1, -0.05) is 6.42 Å². The number of thiazole rings is 1. The van der Waals surface area contributed by atoms with Crippen LogP contribution in [-0.4, -0.2) is 41.3 Å². The van der Waals surface area contributed by atoms with Crippen LogP contribution in [0.2, 0.25) is 0 Å². The number of hydrogen-bond donors (Lipinski definition) is 1. The highest BCUT2D eigenvalue weighted by Gasteiger charge is 2.28. The Balaban J connectivity index is 1.31. The number of aromatic nitrogens is 1. The zero-order chi connectivity index (χ0) is 19.5. The summed E-state index contributed by atoms with van der Waals surface area (Å²) in [5, 5.41) is 8.26. The van der Waals surface area contributed by atoms with Crippen molar-refractivity contribution in [3.63, 3.8) is 0 Å². The first-order valence-electron chi connectivity index (χ1n) is 10.2. The predicted molar refractivity (Wildman–Crippen MR) is 113 cm³/mol. The molecule has 150 valence electrons. The number of nitrogens with zero attached hydrogens (tertiary/aromatic N) is 2. The van der Waals surface area contributed by atoms with Crippen LogP contribution in [0.25, 0.3) is 0 Å². The van der Waals surface area contributed by atoms with Crippen molar-refractivity contribution >= 4 is 34.5 Å². The lowest BCUT2D eigenvalue weighted by atomic mass is 9.85. The molecule has 2 fully saturated rings. The third-order valence-corrected chi connectivity index (χ3v) is 7.90. The fourth-order valence-electron chi connectivity index (χ4n) is 3.85. The molecule has 0 aromatic carbocycles. The molecule has 5 nitrogen and oxygen atoms in total. The van der Waals surface area contributed by atoms with E-state index in [-0.39, 0.29) is 17.7 Å². The summed E-state index contributed by atoms with van der Waals surface area (Å²) < 4.78 is 0. The van der Waals surface area contributed by atoms with Gasteiger partial charge in [-0.15, -0.1) is 22.7 Å². The monoisotopic (exact) mass is 417 g/mol. The number of piperidine rings is 1. The van der Waals surface area contributed by atoms with E-state index >= 15 is 0 Å². The van der Waals surface area contributed by atoms with Crippen LogP contribution in [0.5, 0.6) is 0 Å². The van der Waals surface area contributed by atoms with Crippen LogP contribution in [0.1, 0.15) is 64.0 Å². The van der Waals surface area contributed by atoms with Crippen LogP contribution >= 0.6 is 22.7 Å². The van der Waals surface area contributed by atoms with Gasteiger partial charge in [0, 0.05) is 43.3 Å². The van der Waals surface area contributed by atoms with Crippen LogP contribution in [0, 0.1) is 12.8 Å². The second-order valence-corrected chi connectivity index (χ2v) is 9.67. The first-order chi connectivity index (χ1) is 13.6. The molecule has 28 heavy (non-hydrogen) atoms. The van der Waals surface area contributed by atoms with Gasteiger partial charge < -0.3 is 10.2 Å². The Morgan fingerprint density at radius 3 is 2.82 bits per heavy atom. The standard InChI is InChI=1S/C21H27N3O2S2/c1-14-8-11-27-18(14)21(26)24-10-3-6-16(12-24)20-23-17(13-28-20)7-9-22-19(25)15-4-2-5-15/h8,11,13,15-16H,2-7,9-10,12H2,1H3,(H,22,25). The van der Waals surface area contributed by atoms with Gasteiger partial charge in [0.15, 0.2) is 0 Å².